The Morgan fingerprint density at radius 3 is 2.40 bits per heavy atom. The van der Waals surface area contributed by atoms with Gasteiger partial charge in [0, 0.05) is 6.54 Å². The third-order valence-corrected chi connectivity index (χ3v) is 1.75. The molecule has 1 saturated heterocycles. The number of nitrogens with one attached hydrogen (secondary N) is 1. The van der Waals surface area contributed by atoms with Crippen molar-refractivity contribution in [3.05, 3.63) is 0 Å². The Kier molecular flexibility index (Phi) is 2.25. The van der Waals surface area contributed by atoms with Crippen molar-refractivity contribution in [1.82, 2.24) is 5.32 Å². The molecule has 0 aromatic rings. The Hall–Kier alpha value is -1.06. The van der Waals surface area contributed by atoms with Gasteiger partial charge in [0.2, 0.25) is 0 Å². The average Bonchev–Trinajstić information content (AvgIpc) is 2.05. The first-order valence-electron chi connectivity index (χ1n) is 3.39. The minimum absolute atomic E-state index is 0.0235. The van der Waals surface area contributed by atoms with Crippen LogP contribution >= 0.6 is 0 Å². The first kappa shape index (κ1) is 7.05. The second-order valence-corrected chi connectivity index (χ2v) is 2.49. The molecule has 3 nitrogen and oxygen atoms in total. The van der Waals surface area contributed by atoms with Gasteiger partial charge in [-0.15, -0.1) is 0 Å². The molecule has 2 atom stereocenters. The largest absolute Gasteiger partial charge is 0.301 e. The van der Waals surface area contributed by atoms with Crippen LogP contribution < -0.4 is 5.32 Å². The van der Waals surface area contributed by atoms with Gasteiger partial charge in [-0.1, -0.05) is 0 Å². The molecular formula is C7H9N3. The molecule has 2 unspecified atom stereocenters. The van der Waals surface area contributed by atoms with Crippen LogP contribution in [-0.2, 0) is 0 Å². The summed E-state index contributed by atoms with van der Waals surface area (Å²) in [5.41, 5.74) is 0. The molecule has 1 aliphatic heterocycles. The maximum absolute atomic E-state index is 8.48. The molecule has 0 bridgehead atoms. The third-order valence-electron chi connectivity index (χ3n) is 1.75. The van der Waals surface area contributed by atoms with E-state index in [-0.39, 0.29) is 12.0 Å². The zero-order valence-electron chi connectivity index (χ0n) is 5.67. The maximum atomic E-state index is 8.48. The van der Waals surface area contributed by atoms with Gasteiger partial charge in [0.15, 0.2) is 0 Å². The normalized spacial score (nSPS) is 32.2. The van der Waals surface area contributed by atoms with E-state index >= 15 is 0 Å². The highest BCUT2D eigenvalue weighted by molar-refractivity contribution is 4.98. The molecule has 1 N–H and O–H groups in total. The van der Waals surface area contributed by atoms with Crippen LogP contribution in [0.15, 0.2) is 0 Å². The van der Waals surface area contributed by atoms with Crippen molar-refractivity contribution >= 4 is 0 Å². The second-order valence-electron chi connectivity index (χ2n) is 2.49. The van der Waals surface area contributed by atoms with E-state index in [0.29, 0.717) is 6.54 Å². The molecular weight excluding hydrogens is 126 g/mol. The van der Waals surface area contributed by atoms with Crippen molar-refractivity contribution in [3.63, 3.8) is 0 Å². The molecule has 0 aliphatic carbocycles. The lowest BCUT2D eigenvalue weighted by atomic mass is 9.97. The lowest BCUT2D eigenvalue weighted by molar-refractivity contribution is 0.400. The molecule has 0 saturated carbocycles. The van der Waals surface area contributed by atoms with Gasteiger partial charge >= 0.3 is 0 Å². The summed E-state index contributed by atoms with van der Waals surface area (Å²) >= 11 is 0. The van der Waals surface area contributed by atoms with Crippen LogP contribution in [0.1, 0.15) is 12.8 Å². The molecule has 1 aliphatic rings. The Bertz CT molecular complexity index is 156. The lowest BCUT2D eigenvalue weighted by Gasteiger charge is -2.20. The van der Waals surface area contributed by atoms with Crippen molar-refractivity contribution in [2.75, 3.05) is 6.54 Å². The van der Waals surface area contributed by atoms with Crippen molar-refractivity contribution in [1.29, 1.82) is 10.5 Å². The molecule has 0 amide bonds. The van der Waals surface area contributed by atoms with E-state index in [0.717, 1.165) is 12.8 Å². The smallest absolute Gasteiger partial charge is 0.0953 e. The number of hydrogen-bond donors (Lipinski definition) is 1. The summed E-state index contributed by atoms with van der Waals surface area (Å²) in [7, 11) is 0. The Labute approximate surface area is 60.3 Å². The zero-order valence-corrected chi connectivity index (χ0v) is 5.67. The standard InChI is InChI=1S/C7H9N3/c8-3-6-1-2-7(4-9)10-5-6/h6-7,10H,1-2,5H2. The van der Waals surface area contributed by atoms with Crippen molar-refractivity contribution < 1.29 is 0 Å². The number of nitriles is 2. The van der Waals surface area contributed by atoms with Crippen molar-refractivity contribution in [3.8, 4) is 12.1 Å². The fraction of sp³-hybridized carbons (Fsp3) is 0.714. The summed E-state index contributed by atoms with van der Waals surface area (Å²) in [6, 6.07) is 4.28. The Balaban J connectivity index is 2.34. The van der Waals surface area contributed by atoms with Gasteiger partial charge in [0.1, 0.15) is 0 Å². The van der Waals surface area contributed by atoms with Crippen LogP contribution in [-0.4, -0.2) is 12.6 Å². The number of hydrogen-bond acceptors (Lipinski definition) is 3. The molecule has 1 heterocycles. The molecule has 3 heteroatoms. The molecule has 0 aromatic heterocycles. The van der Waals surface area contributed by atoms with E-state index in [1.54, 1.807) is 0 Å². The van der Waals surface area contributed by atoms with Crippen LogP contribution in [0.4, 0.5) is 0 Å². The highest BCUT2D eigenvalue weighted by Gasteiger charge is 2.18. The number of piperidine rings is 1. The van der Waals surface area contributed by atoms with Gasteiger partial charge in [0.25, 0.3) is 0 Å². The minimum Gasteiger partial charge on any atom is -0.301 e. The fourth-order valence-corrected chi connectivity index (χ4v) is 1.08. The summed E-state index contributed by atoms with van der Waals surface area (Å²) in [6.45, 7) is 0.675. The van der Waals surface area contributed by atoms with Gasteiger partial charge in [0.05, 0.1) is 24.1 Å². The highest BCUT2D eigenvalue weighted by atomic mass is 14.9. The molecule has 52 valence electrons. The van der Waals surface area contributed by atoms with Crippen LogP contribution in [0.2, 0.25) is 0 Å². The van der Waals surface area contributed by atoms with Gasteiger partial charge < -0.3 is 5.32 Å². The molecule has 1 fully saturated rings. The van der Waals surface area contributed by atoms with Crippen LogP contribution in [0, 0.1) is 28.6 Å². The summed E-state index contributed by atoms with van der Waals surface area (Å²) in [5.74, 6) is 0.115. The van der Waals surface area contributed by atoms with Gasteiger partial charge in [-0.25, -0.2) is 0 Å². The van der Waals surface area contributed by atoms with Crippen LogP contribution in [0.5, 0.6) is 0 Å². The molecule has 0 spiro atoms. The van der Waals surface area contributed by atoms with Gasteiger partial charge in [-0.3, -0.25) is 0 Å². The third kappa shape index (κ3) is 1.46. The summed E-state index contributed by atoms with van der Waals surface area (Å²) < 4.78 is 0. The molecule has 0 aromatic carbocycles. The van der Waals surface area contributed by atoms with Gasteiger partial charge in [-0.2, -0.15) is 10.5 Å². The van der Waals surface area contributed by atoms with Crippen molar-refractivity contribution in [2.24, 2.45) is 5.92 Å². The van der Waals surface area contributed by atoms with E-state index in [2.05, 4.69) is 17.5 Å². The SMILES string of the molecule is N#CC1CCC(C#N)NC1. The summed E-state index contributed by atoms with van der Waals surface area (Å²) in [5, 5.41) is 19.9. The Morgan fingerprint density at radius 1 is 1.20 bits per heavy atom. The van der Waals surface area contributed by atoms with Gasteiger partial charge in [-0.05, 0) is 12.8 Å². The predicted molar refractivity (Wildman–Crippen MR) is 35.7 cm³/mol. The van der Waals surface area contributed by atoms with E-state index in [4.69, 9.17) is 10.5 Å². The highest BCUT2D eigenvalue weighted by Crippen LogP contribution is 2.12. The first-order chi connectivity index (χ1) is 4.86. The molecule has 10 heavy (non-hydrogen) atoms. The topological polar surface area (TPSA) is 59.6 Å². The van der Waals surface area contributed by atoms with E-state index < -0.39 is 0 Å². The number of nitrogens with zero attached hydrogens (tertiary/aromatic N) is 2. The van der Waals surface area contributed by atoms with E-state index in [1.807, 2.05) is 0 Å². The molecule has 1 rings (SSSR count). The summed E-state index contributed by atoms with van der Waals surface area (Å²) in [4.78, 5) is 0. The second kappa shape index (κ2) is 3.20. The average molecular weight is 135 g/mol. The predicted octanol–water partition coefficient (Wildman–Crippen LogP) is 0.402. The first-order valence-corrected chi connectivity index (χ1v) is 3.39. The minimum atomic E-state index is -0.0235. The van der Waals surface area contributed by atoms with Crippen LogP contribution in [0.25, 0.3) is 0 Å². The van der Waals surface area contributed by atoms with E-state index in [9.17, 15) is 0 Å². The summed E-state index contributed by atoms with van der Waals surface area (Å²) in [6.07, 6.45) is 1.68. The zero-order chi connectivity index (χ0) is 7.40. The van der Waals surface area contributed by atoms with Crippen molar-refractivity contribution in [2.45, 2.75) is 18.9 Å². The lowest BCUT2D eigenvalue weighted by Crippen LogP contribution is -2.37. The van der Waals surface area contributed by atoms with Crippen LogP contribution in [0.3, 0.4) is 0 Å². The quantitative estimate of drug-likeness (QED) is 0.523. The number of rotatable bonds is 0. The Morgan fingerprint density at radius 2 is 2.00 bits per heavy atom. The monoisotopic (exact) mass is 135 g/mol. The maximum Gasteiger partial charge on any atom is 0.0953 e. The van der Waals surface area contributed by atoms with E-state index in [1.165, 1.54) is 0 Å². The fourth-order valence-electron chi connectivity index (χ4n) is 1.08. The molecule has 0 radical (unpaired) electrons.